The van der Waals surface area contributed by atoms with E-state index in [-0.39, 0.29) is 17.3 Å². The predicted octanol–water partition coefficient (Wildman–Crippen LogP) is 1.64. The van der Waals surface area contributed by atoms with Gasteiger partial charge in [-0.15, -0.1) is 0 Å². The molecule has 1 amide bonds. The lowest BCUT2D eigenvalue weighted by Gasteiger charge is -2.13. The van der Waals surface area contributed by atoms with Gasteiger partial charge in [-0.2, -0.15) is 5.26 Å². The number of nitro groups is 1. The Hall–Kier alpha value is -1.94. The monoisotopic (exact) mass is 239 g/mol. The molecular weight excluding hydrogens is 230 g/mol. The third kappa shape index (κ3) is 2.77. The first-order valence-corrected chi connectivity index (χ1v) is 5.24. The summed E-state index contributed by atoms with van der Waals surface area (Å²) in [6.07, 6.45) is 0.246. The number of carbonyl (C=O) groups is 1. The highest BCUT2D eigenvalue weighted by molar-refractivity contribution is 7.17. The Morgan fingerprint density at radius 1 is 1.69 bits per heavy atom. The van der Waals surface area contributed by atoms with Gasteiger partial charge in [-0.25, -0.2) is 0 Å². The second kappa shape index (κ2) is 5.23. The van der Waals surface area contributed by atoms with E-state index in [1.807, 2.05) is 6.07 Å². The fourth-order valence-corrected chi connectivity index (χ4v) is 1.86. The van der Waals surface area contributed by atoms with Gasteiger partial charge in [0.25, 0.3) is 5.91 Å². The van der Waals surface area contributed by atoms with Crippen LogP contribution in [0.1, 0.15) is 16.1 Å². The molecule has 84 valence electrons. The number of nitrogens with zero attached hydrogens (tertiary/aromatic N) is 3. The van der Waals surface area contributed by atoms with Crippen molar-refractivity contribution in [3.05, 3.63) is 27.1 Å². The molecule has 0 aliphatic heterocycles. The van der Waals surface area contributed by atoms with Crippen LogP contribution in [-0.4, -0.2) is 29.3 Å². The van der Waals surface area contributed by atoms with Gasteiger partial charge >= 0.3 is 5.00 Å². The topological polar surface area (TPSA) is 87.2 Å². The summed E-state index contributed by atoms with van der Waals surface area (Å²) >= 11 is 0.838. The van der Waals surface area contributed by atoms with Crippen molar-refractivity contribution >= 4 is 22.2 Å². The van der Waals surface area contributed by atoms with Crippen molar-refractivity contribution < 1.29 is 9.72 Å². The quantitative estimate of drug-likeness (QED) is 0.590. The average molecular weight is 239 g/mol. The minimum absolute atomic E-state index is 0.0583. The zero-order valence-corrected chi connectivity index (χ0v) is 9.36. The van der Waals surface area contributed by atoms with Gasteiger partial charge in [-0.1, -0.05) is 11.3 Å². The van der Waals surface area contributed by atoms with Crippen LogP contribution < -0.4 is 0 Å². The Balaban J connectivity index is 2.73. The highest BCUT2D eigenvalue weighted by atomic mass is 32.1. The highest BCUT2D eigenvalue weighted by Crippen LogP contribution is 2.24. The molecule has 0 aliphatic rings. The Morgan fingerprint density at radius 2 is 2.38 bits per heavy atom. The summed E-state index contributed by atoms with van der Waals surface area (Å²) in [5.41, 5.74) is 0. The van der Waals surface area contributed by atoms with Crippen LogP contribution in [0.25, 0.3) is 0 Å². The largest absolute Gasteiger partial charge is 0.340 e. The van der Waals surface area contributed by atoms with Gasteiger partial charge in [-0.05, 0) is 6.07 Å². The summed E-state index contributed by atoms with van der Waals surface area (Å²) in [6.45, 7) is 0.320. The van der Waals surface area contributed by atoms with Gasteiger partial charge in [0, 0.05) is 19.7 Å². The molecular formula is C9H9N3O3S. The van der Waals surface area contributed by atoms with Crippen molar-refractivity contribution in [1.29, 1.82) is 5.26 Å². The molecule has 7 heteroatoms. The molecule has 0 spiro atoms. The van der Waals surface area contributed by atoms with E-state index in [9.17, 15) is 14.9 Å². The second-order valence-electron chi connectivity index (χ2n) is 3.03. The molecule has 0 atom stereocenters. The normalized spacial score (nSPS) is 9.50. The van der Waals surface area contributed by atoms with Crippen LogP contribution in [0.5, 0.6) is 0 Å². The smallest absolute Gasteiger partial charge is 0.324 e. The van der Waals surface area contributed by atoms with Crippen LogP contribution in [0, 0.1) is 21.4 Å². The molecule has 0 fully saturated rings. The van der Waals surface area contributed by atoms with Crippen molar-refractivity contribution in [2.24, 2.45) is 0 Å². The fraction of sp³-hybridized carbons (Fsp3) is 0.333. The fourth-order valence-electron chi connectivity index (χ4n) is 1.05. The molecule has 0 aliphatic carbocycles. The van der Waals surface area contributed by atoms with Gasteiger partial charge in [-0.3, -0.25) is 14.9 Å². The van der Waals surface area contributed by atoms with Crippen LogP contribution in [0.4, 0.5) is 5.00 Å². The Labute approximate surface area is 95.9 Å². The molecule has 1 rings (SSSR count). The molecule has 1 aromatic rings. The zero-order chi connectivity index (χ0) is 12.1. The van der Waals surface area contributed by atoms with Gasteiger partial charge in [0.1, 0.15) is 0 Å². The first-order chi connectivity index (χ1) is 7.56. The van der Waals surface area contributed by atoms with E-state index in [1.165, 1.54) is 17.0 Å². The maximum Gasteiger partial charge on any atom is 0.324 e. The molecule has 16 heavy (non-hydrogen) atoms. The van der Waals surface area contributed by atoms with E-state index >= 15 is 0 Å². The standard InChI is InChI=1S/C9H9N3O3S/c1-11(6-2-5-10)9(13)7-3-4-8(16-7)12(14)15/h3-4H,2,6H2,1H3. The second-order valence-corrected chi connectivity index (χ2v) is 4.09. The van der Waals surface area contributed by atoms with Crippen LogP contribution >= 0.6 is 11.3 Å². The Morgan fingerprint density at radius 3 is 2.88 bits per heavy atom. The molecule has 0 saturated carbocycles. The summed E-state index contributed by atoms with van der Waals surface area (Å²) < 4.78 is 0. The number of hydrogen-bond donors (Lipinski definition) is 0. The summed E-state index contributed by atoms with van der Waals surface area (Å²) in [5.74, 6) is -0.298. The Bertz CT molecular complexity index is 449. The van der Waals surface area contributed by atoms with E-state index in [1.54, 1.807) is 7.05 Å². The predicted molar refractivity (Wildman–Crippen MR) is 58.2 cm³/mol. The van der Waals surface area contributed by atoms with E-state index < -0.39 is 4.92 Å². The molecule has 0 N–H and O–H groups in total. The lowest BCUT2D eigenvalue weighted by atomic mass is 10.3. The van der Waals surface area contributed by atoms with Gasteiger partial charge < -0.3 is 4.90 Å². The summed E-state index contributed by atoms with van der Waals surface area (Å²) in [5, 5.41) is 18.7. The van der Waals surface area contributed by atoms with E-state index in [0.717, 1.165) is 11.3 Å². The average Bonchev–Trinajstić information content (AvgIpc) is 2.74. The lowest BCUT2D eigenvalue weighted by molar-refractivity contribution is -0.380. The van der Waals surface area contributed by atoms with Crippen molar-refractivity contribution in [2.45, 2.75) is 6.42 Å². The maximum absolute atomic E-state index is 11.7. The molecule has 0 aromatic carbocycles. The highest BCUT2D eigenvalue weighted by Gasteiger charge is 2.17. The van der Waals surface area contributed by atoms with Crippen LogP contribution in [0.3, 0.4) is 0 Å². The Kier molecular flexibility index (Phi) is 3.96. The van der Waals surface area contributed by atoms with Crippen molar-refractivity contribution in [3.63, 3.8) is 0 Å². The number of nitriles is 1. The lowest BCUT2D eigenvalue weighted by Crippen LogP contribution is -2.26. The van der Waals surface area contributed by atoms with Crippen molar-refractivity contribution in [2.75, 3.05) is 13.6 Å². The third-order valence-electron chi connectivity index (χ3n) is 1.89. The molecule has 1 heterocycles. The van der Waals surface area contributed by atoms with E-state index in [2.05, 4.69) is 0 Å². The van der Waals surface area contributed by atoms with Gasteiger partial charge in [0.2, 0.25) is 0 Å². The number of amides is 1. The molecule has 6 nitrogen and oxygen atoms in total. The minimum Gasteiger partial charge on any atom is -0.340 e. The zero-order valence-electron chi connectivity index (χ0n) is 8.54. The minimum atomic E-state index is -0.531. The van der Waals surface area contributed by atoms with Crippen molar-refractivity contribution in [3.8, 4) is 6.07 Å². The summed E-state index contributed by atoms with van der Waals surface area (Å²) in [7, 11) is 1.56. The molecule has 1 aromatic heterocycles. The van der Waals surface area contributed by atoms with E-state index in [0.29, 0.717) is 11.4 Å². The number of carbonyl (C=O) groups excluding carboxylic acids is 1. The number of thiophene rings is 1. The van der Waals surface area contributed by atoms with Crippen LogP contribution in [-0.2, 0) is 0 Å². The van der Waals surface area contributed by atoms with E-state index in [4.69, 9.17) is 5.26 Å². The third-order valence-corrected chi connectivity index (χ3v) is 2.91. The van der Waals surface area contributed by atoms with Crippen LogP contribution in [0.15, 0.2) is 12.1 Å². The molecule has 0 unspecified atom stereocenters. The van der Waals surface area contributed by atoms with Crippen molar-refractivity contribution in [1.82, 2.24) is 4.90 Å². The molecule has 0 radical (unpaired) electrons. The first kappa shape index (κ1) is 12.1. The SMILES string of the molecule is CN(CCC#N)C(=O)c1ccc([N+](=O)[O-])s1. The molecule has 0 bridgehead atoms. The maximum atomic E-state index is 11.7. The number of hydrogen-bond acceptors (Lipinski definition) is 5. The number of rotatable bonds is 4. The summed E-state index contributed by atoms with van der Waals surface area (Å²) in [6, 6.07) is 4.66. The van der Waals surface area contributed by atoms with Crippen LogP contribution in [0.2, 0.25) is 0 Å². The first-order valence-electron chi connectivity index (χ1n) is 4.43. The van der Waals surface area contributed by atoms with Gasteiger partial charge in [0.05, 0.1) is 22.3 Å². The summed E-state index contributed by atoms with van der Waals surface area (Å²) in [4.78, 5) is 23.3. The molecule has 0 saturated heterocycles. The van der Waals surface area contributed by atoms with Gasteiger partial charge in [0.15, 0.2) is 0 Å².